The summed E-state index contributed by atoms with van der Waals surface area (Å²) in [5.41, 5.74) is 7.03. The zero-order chi connectivity index (χ0) is 24.9. The first-order valence-corrected chi connectivity index (χ1v) is 12.6. The first-order chi connectivity index (χ1) is 17.6. The van der Waals surface area contributed by atoms with E-state index in [1.807, 2.05) is 50.2 Å². The van der Waals surface area contributed by atoms with Crippen molar-refractivity contribution in [3.8, 4) is 0 Å². The van der Waals surface area contributed by atoms with Crippen molar-refractivity contribution in [3.63, 3.8) is 0 Å². The number of piperazine rings is 1. The van der Waals surface area contributed by atoms with Gasteiger partial charge in [-0.2, -0.15) is 0 Å². The van der Waals surface area contributed by atoms with Gasteiger partial charge in [0.15, 0.2) is 0 Å². The maximum absolute atomic E-state index is 13.1. The molecule has 0 saturated carbocycles. The van der Waals surface area contributed by atoms with Gasteiger partial charge in [-0.1, -0.05) is 36.4 Å². The van der Waals surface area contributed by atoms with Gasteiger partial charge in [-0.15, -0.1) is 0 Å². The molecule has 5 rings (SSSR count). The average Bonchev–Trinajstić information content (AvgIpc) is 3.19. The number of benzene rings is 2. The lowest BCUT2D eigenvalue weighted by molar-refractivity contribution is 0.102. The molecular formula is C30H33N5O. The summed E-state index contributed by atoms with van der Waals surface area (Å²) < 4.78 is 2.14. The smallest absolute Gasteiger partial charge is 0.257 e. The lowest BCUT2D eigenvalue weighted by Gasteiger charge is -2.36. The molecule has 1 saturated heterocycles. The number of aryl methyl sites for hydroxylation is 1. The van der Waals surface area contributed by atoms with Crippen LogP contribution >= 0.6 is 0 Å². The van der Waals surface area contributed by atoms with Gasteiger partial charge in [-0.05, 0) is 61.9 Å². The van der Waals surface area contributed by atoms with Gasteiger partial charge in [-0.3, -0.25) is 14.7 Å². The lowest BCUT2D eigenvalue weighted by Crippen LogP contribution is -2.45. The summed E-state index contributed by atoms with van der Waals surface area (Å²) in [5, 5.41) is 3.07. The Morgan fingerprint density at radius 3 is 2.28 bits per heavy atom. The Hall–Kier alpha value is -3.90. The number of amides is 1. The van der Waals surface area contributed by atoms with Crippen LogP contribution in [0, 0.1) is 13.8 Å². The molecule has 1 amide bonds. The van der Waals surface area contributed by atoms with Crippen LogP contribution in [0.1, 0.15) is 33.0 Å². The number of nitrogens with zero attached hydrogens (tertiary/aromatic N) is 4. The molecule has 0 atom stereocenters. The predicted octanol–water partition coefficient (Wildman–Crippen LogP) is 5.12. The number of aromatic nitrogens is 2. The number of hydrogen-bond acceptors (Lipinski definition) is 4. The molecule has 1 aliphatic heterocycles. The average molecular weight is 480 g/mol. The highest BCUT2D eigenvalue weighted by Crippen LogP contribution is 2.22. The van der Waals surface area contributed by atoms with E-state index in [4.69, 9.17) is 0 Å². The number of carbonyl (C=O) groups is 1. The molecule has 2 aromatic carbocycles. The van der Waals surface area contributed by atoms with Crippen LogP contribution in [-0.2, 0) is 13.1 Å². The normalized spacial score (nSPS) is 14.1. The molecule has 6 nitrogen and oxygen atoms in total. The number of anilines is 2. The van der Waals surface area contributed by atoms with E-state index in [9.17, 15) is 4.79 Å². The predicted molar refractivity (Wildman–Crippen MR) is 146 cm³/mol. The third-order valence-electron chi connectivity index (χ3n) is 6.98. The molecule has 3 heterocycles. The summed E-state index contributed by atoms with van der Waals surface area (Å²) >= 11 is 0. The molecule has 184 valence electrons. The third-order valence-corrected chi connectivity index (χ3v) is 6.98. The van der Waals surface area contributed by atoms with Crippen molar-refractivity contribution >= 4 is 17.3 Å². The second kappa shape index (κ2) is 10.8. The van der Waals surface area contributed by atoms with E-state index in [0.717, 1.165) is 55.5 Å². The molecule has 0 radical (unpaired) electrons. The van der Waals surface area contributed by atoms with Gasteiger partial charge in [-0.25, -0.2) is 0 Å². The van der Waals surface area contributed by atoms with Crippen molar-refractivity contribution in [2.45, 2.75) is 26.9 Å². The standard InChI is InChI=1S/C30H33N5O/c1-23-20-29(24(2)35(23)22-27-10-6-7-15-31-27)30(36)32-26-11-13-28(14-12-26)34-18-16-33(17-19-34)21-25-8-4-3-5-9-25/h3-15,20H,16-19,21-22H2,1-2H3,(H,32,36). The zero-order valence-corrected chi connectivity index (χ0v) is 21.0. The monoisotopic (exact) mass is 479 g/mol. The van der Waals surface area contributed by atoms with Crippen molar-refractivity contribution in [2.75, 3.05) is 36.4 Å². The van der Waals surface area contributed by atoms with Gasteiger partial charge in [0.25, 0.3) is 5.91 Å². The van der Waals surface area contributed by atoms with E-state index < -0.39 is 0 Å². The number of pyridine rings is 1. The SMILES string of the molecule is Cc1cc(C(=O)Nc2ccc(N3CCN(Cc4ccccc4)CC3)cc2)c(C)n1Cc1ccccn1. The van der Waals surface area contributed by atoms with E-state index in [1.54, 1.807) is 6.20 Å². The minimum Gasteiger partial charge on any atom is -0.369 e. The van der Waals surface area contributed by atoms with Gasteiger partial charge < -0.3 is 14.8 Å². The molecule has 0 aliphatic carbocycles. The first kappa shape index (κ1) is 23.8. The van der Waals surface area contributed by atoms with Gasteiger partial charge >= 0.3 is 0 Å². The van der Waals surface area contributed by atoms with E-state index >= 15 is 0 Å². The summed E-state index contributed by atoms with van der Waals surface area (Å²) in [5.74, 6) is -0.0855. The Balaban J connectivity index is 1.18. The minimum atomic E-state index is -0.0855. The van der Waals surface area contributed by atoms with Crippen molar-refractivity contribution in [3.05, 3.63) is 113 Å². The van der Waals surface area contributed by atoms with Crippen LogP contribution in [0.5, 0.6) is 0 Å². The maximum atomic E-state index is 13.1. The molecule has 2 aromatic heterocycles. The largest absolute Gasteiger partial charge is 0.369 e. The van der Waals surface area contributed by atoms with E-state index in [1.165, 1.54) is 11.3 Å². The van der Waals surface area contributed by atoms with E-state index in [-0.39, 0.29) is 5.91 Å². The molecule has 1 fully saturated rings. The number of hydrogen-bond donors (Lipinski definition) is 1. The summed E-state index contributed by atoms with van der Waals surface area (Å²) in [6.07, 6.45) is 1.80. The second-order valence-corrected chi connectivity index (χ2v) is 9.44. The molecule has 6 heteroatoms. The highest BCUT2D eigenvalue weighted by Gasteiger charge is 2.19. The van der Waals surface area contributed by atoms with Crippen molar-refractivity contribution in [2.24, 2.45) is 0 Å². The van der Waals surface area contributed by atoms with Gasteiger partial charge in [0, 0.05) is 61.7 Å². The Kier molecular flexibility index (Phi) is 7.14. The highest BCUT2D eigenvalue weighted by molar-refractivity contribution is 6.05. The molecule has 0 spiro atoms. The Morgan fingerprint density at radius 1 is 0.861 bits per heavy atom. The number of rotatable bonds is 7. The third kappa shape index (κ3) is 5.50. The lowest BCUT2D eigenvalue weighted by atomic mass is 10.2. The van der Waals surface area contributed by atoms with Gasteiger partial charge in [0.05, 0.1) is 17.8 Å². The summed E-state index contributed by atoms with van der Waals surface area (Å²) in [6.45, 7) is 9.76. The Morgan fingerprint density at radius 2 is 1.58 bits per heavy atom. The highest BCUT2D eigenvalue weighted by atomic mass is 16.1. The van der Waals surface area contributed by atoms with Crippen LogP contribution in [0.15, 0.2) is 85.1 Å². The van der Waals surface area contributed by atoms with Crippen molar-refractivity contribution in [1.29, 1.82) is 0 Å². The number of carbonyl (C=O) groups excluding carboxylic acids is 1. The van der Waals surface area contributed by atoms with Crippen LogP contribution in [-0.4, -0.2) is 46.5 Å². The molecule has 1 N–H and O–H groups in total. The maximum Gasteiger partial charge on any atom is 0.257 e. The van der Waals surface area contributed by atoms with Gasteiger partial charge in [0.1, 0.15) is 0 Å². The van der Waals surface area contributed by atoms with Gasteiger partial charge in [0.2, 0.25) is 0 Å². The fraction of sp³-hybridized carbons (Fsp3) is 0.267. The Labute approximate surface area is 213 Å². The fourth-order valence-electron chi connectivity index (χ4n) is 4.89. The summed E-state index contributed by atoms with van der Waals surface area (Å²) in [6, 6.07) is 26.7. The molecular weight excluding hydrogens is 446 g/mol. The molecule has 1 aliphatic rings. The van der Waals surface area contributed by atoms with E-state index in [0.29, 0.717) is 12.1 Å². The molecule has 36 heavy (non-hydrogen) atoms. The van der Waals surface area contributed by atoms with Crippen LogP contribution in [0.3, 0.4) is 0 Å². The topological polar surface area (TPSA) is 53.4 Å². The summed E-state index contributed by atoms with van der Waals surface area (Å²) in [4.78, 5) is 22.4. The molecule has 0 bridgehead atoms. The van der Waals surface area contributed by atoms with Crippen LogP contribution in [0.2, 0.25) is 0 Å². The quantitative estimate of drug-likeness (QED) is 0.400. The zero-order valence-electron chi connectivity index (χ0n) is 21.0. The van der Waals surface area contributed by atoms with Crippen molar-refractivity contribution < 1.29 is 4.79 Å². The second-order valence-electron chi connectivity index (χ2n) is 9.44. The van der Waals surface area contributed by atoms with Crippen LogP contribution in [0.4, 0.5) is 11.4 Å². The first-order valence-electron chi connectivity index (χ1n) is 12.6. The van der Waals surface area contributed by atoms with Crippen LogP contribution in [0.25, 0.3) is 0 Å². The van der Waals surface area contributed by atoms with Crippen LogP contribution < -0.4 is 10.2 Å². The van der Waals surface area contributed by atoms with E-state index in [2.05, 4.69) is 67.1 Å². The Bertz CT molecular complexity index is 1290. The molecule has 4 aromatic rings. The van der Waals surface area contributed by atoms with Crippen molar-refractivity contribution in [1.82, 2.24) is 14.5 Å². The minimum absolute atomic E-state index is 0.0855. The molecule has 0 unspecified atom stereocenters. The number of nitrogens with one attached hydrogen (secondary N) is 1. The summed E-state index contributed by atoms with van der Waals surface area (Å²) in [7, 11) is 0. The fourth-order valence-corrected chi connectivity index (χ4v) is 4.89.